The summed E-state index contributed by atoms with van der Waals surface area (Å²) in [4.78, 5) is 16.5. The molecule has 0 aliphatic carbocycles. The lowest BCUT2D eigenvalue weighted by atomic mass is 10.1. The van der Waals surface area contributed by atoms with Crippen LogP contribution in [0.2, 0.25) is 0 Å². The van der Waals surface area contributed by atoms with Gasteiger partial charge < -0.3 is 9.88 Å². The largest absolute Gasteiger partial charge is 0.352 e. The zero-order valence-corrected chi connectivity index (χ0v) is 15.3. The Labute approximate surface area is 162 Å². The predicted molar refractivity (Wildman–Crippen MR) is 107 cm³/mol. The highest BCUT2D eigenvalue weighted by Gasteiger charge is 2.12. The summed E-state index contributed by atoms with van der Waals surface area (Å²) >= 11 is 0. The number of amides is 1. The Bertz CT molecular complexity index is 1090. The molecule has 2 heterocycles. The van der Waals surface area contributed by atoms with Crippen molar-refractivity contribution in [2.24, 2.45) is 0 Å². The molecule has 0 saturated carbocycles. The van der Waals surface area contributed by atoms with Crippen LogP contribution in [-0.4, -0.2) is 15.5 Å². The maximum absolute atomic E-state index is 13.2. The standard InChI is InChI=1S/C23H20FN3O/c24-20-9-7-17(8-10-20)15-27-16-19(21-5-1-2-6-22(21)27)12-23(28)26-14-18-4-3-11-25-13-18/h1-11,13,16H,12,14-15H2,(H,26,28). The van der Waals surface area contributed by atoms with Gasteiger partial charge in [0.25, 0.3) is 0 Å². The van der Waals surface area contributed by atoms with Crippen LogP contribution in [-0.2, 0) is 24.3 Å². The number of carbonyl (C=O) groups excluding carboxylic acids is 1. The Morgan fingerprint density at radius 1 is 1.00 bits per heavy atom. The number of hydrogen-bond donors (Lipinski definition) is 1. The molecule has 0 atom stereocenters. The lowest BCUT2D eigenvalue weighted by Crippen LogP contribution is -2.24. The van der Waals surface area contributed by atoms with Crippen LogP contribution in [0.1, 0.15) is 16.7 Å². The van der Waals surface area contributed by atoms with Gasteiger partial charge in [-0.25, -0.2) is 4.39 Å². The summed E-state index contributed by atoms with van der Waals surface area (Å²) in [5.41, 5.74) is 4.01. The van der Waals surface area contributed by atoms with E-state index >= 15 is 0 Å². The lowest BCUT2D eigenvalue weighted by Gasteiger charge is -2.05. The molecule has 0 aliphatic rings. The van der Waals surface area contributed by atoms with Crippen molar-refractivity contribution in [3.8, 4) is 0 Å². The number of fused-ring (bicyclic) bond motifs is 1. The molecule has 28 heavy (non-hydrogen) atoms. The van der Waals surface area contributed by atoms with Gasteiger partial charge in [0.15, 0.2) is 0 Å². The van der Waals surface area contributed by atoms with E-state index in [0.717, 1.165) is 27.6 Å². The summed E-state index contributed by atoms with van der Waals surface area (Å²) in [6.07, 6.45) is 5.77. The number of halogens is 1. The van der Waals surface area contributed by atoms with Crippen molar-refractivity contribution in [1.29, 1.82) is 0 Å². The maximum atomic E-state index is 13.2. The van der Waals surface area contributed by atoms with E-state index in [2.05, 4.69) is 14.9 Å². The molecule has 140 valence electrons. The van der Waals surface area contributed by atoms with Gasteiger partial charge in [0.1, 0.15) is 5.82 Å². The molecule has 0 fully saturated rings. The number of benzene rings is 2. The van der Waals surface area contributed by atoms with E-state index in [0.29, 0.717) is 19.5 Å². The first kappa shape index (κ1) is 17.9. The van der Waals surface area contributed by atoms with E-state index in [1.807, 2.05) is 42.6 Å². The molecular weight excluding hydrogens is 353 g/mol. The van der Waals surface area contributed by atoms with Crippen LogP contribution < -0.4 is 5.32 Å². The molecule has 1 N–H and O–H groups in total. The number of pyridine rings is 1. The van der Waals surface area contributed by atoms with E-state index < -0.39 is 0 Å². The van der Waals surface area contributed by atoms with Crippen LogP contribution in [0.4, 0.5) is 4.39 Å². The third kappa shape index (κ3) is 4.09. The van der Waals surface area contributed by atoms with Crippen molar-refractivity contribution in [2.75, 3.05) is 0 Å². The van der Waals surface area contributed by atoms with E-state index in [-0.39, 0.29) is 11.7 Å². The Kier molecular flexibility index (Phi) is 5.15. The normalized spacial score (nSPS) is 10.9. The van der Waals surface area contributed by atoms with Crippen molar-refractivity contribution in [1.82, 2.24) is 14.9 Å². The van der Waals surface area contributed by atoms with Crippen LogP contribution in [0, 0.1) is 5.82 Å². The minimum Gasteiger partial charge on any atom is -0.352 e. The highest BCUT2D eigenvalue weighted by Crippen LogP contribution is 2.23. The summed E-state index contributed by atoms with van der Waals surface area (Å²) in [5, 5.41) is 4.00. The summed E-state index contributed by atoms with van der Waals surface area (Å²) in [7, 11) is 0. The van der Waals surface area contributed by atoms with E-state index in [4.69, 9.17) is 0 Å². The number of hydrogen-bond acceptors (Lipinski definition) is 2. The van der Waals surface area contributed by atoms with Gasteiger partial charge in [0, 0.05) is 42.6 Å². The number of rotatable bonds is 6. The van der Waals surface area contributed by atoms with Crippen molar-refractivity contribution in [2.45, 2.75) is 19.5 Å². The Balaban J connectivity index is 1.52. The molecule has 0 aliphatic heterocycles. The molecule has 0 spiro atoms. The van der Waals surface area contributed by atoms with Crippen LogP contribution in [0.25, 0.3) is 10.9 Å². The van der Waals surface area contributed by atoms with Gasteiger partial charge in [-0.1, -0.05) is 36.4 Å². The van der Waals surface area contributed by atoms with Crippen LogP contribution >= 0.6 is 0 Å². The van der Waals surface area contributed by atoms with Gasteiger partial charge in [-0.15, -0.1) is 0 Å². The van der Waals surface area contributed by atoms with Crippen molar-refractivity contribution in [3.63, 3.8) is 0 Å². The average Bonchev–Trinajstić information content (AvgIpc) is 3.06. The first-order valence-corrected chi connectivity index (χ1v) is 9.16. The number of nitrogens with zero attached hydrogens (tertiary/aromatic N) is 2. The summed E-state index contributed by atoms with van der Waals surface area (Å²) < 4.78 is 15.3. The number of nitrogens with one attached hydrogen (secondary N) is 1. The SMILES string of the molecule is O=C(Cc1cn(Cc2ccc(F)cc2)c2ccccc12)NCc1cccnc1. The van der Waals surface area contributed by atoms with Crippen molar-refractivity contribution >= 4 is 16.8 Å². The fraction of sp³-hybridized carbons (Fsp3) is 0.130. The minimum atomic E-state index is -0.243. The van der Waals surface area contributed by atoms with Crippen LogP contribution in [0.15, 0.2) is 79.3 Å². The molecule has 0 saturated heterocycles. The van der Waals surface area contributed by atoms with Gasteiger partial charge >= 0.3 is 0 Å². The van der Waals surface area contributed by atoms with Crippen LogP contribution in [0.3, 0.4) is 0 Å². The Morgan fingerprint density at radius 3 is 2.61 bits per heavy atom. The lowest BCUT2D eigenvalue weighted by molar-refractivity contribution is -0.120. The smallest absolute Gasteiger partial charge is 0.224 e. The van der Waals surface area contributed by atoms with Gasteiger partial charge in [-0.2, -0.15) is 0 Å². The third-order valence-corrected chi connectivity index (χ3v) is 4.70. The number of para-hydroxylation sites is 1. The van der Waals surface area contributed by atoms with Crippen molar-refractivity contribution < 1.29 is 9.18 Å². The van der Waals surface area contributed by atoms with E-state index in [9.17, 15) is 9.18 Å². The Morgan fingerprint density at radius 2 is 1.82 bits per heavy atom. The molecule has 4 rings (SSSR count). The second-order valence-corrected chi connectivity index (χ2v) is 6.74. The molecule has 0 radical (unpaired) electrons. The first-order valence-electron chi connectivity index (χ1n) is 9.16. The van der Waals surface area contributed by atoms with E-state index in [1.165, 1.54) is 12.1 Å². The summed E-state index contributed by atoms with van der Waals surface area (Å²) in [6.45, 7) is 1.08. The molecule has 5 heteroatoms. The highest BCUT2D eigenvalue weighted by atomic mass is 19.1. The number of carbonyl (C=O) groups is 1. The highest BCUT2D eigenvalue weighted by molar-refractivity contribution is 5.89. The third-order valence-electron chi connectivity index (χ3n) is 4.70. The molecule has 0 unspecified atom stereocenters. The van der Waals surface area contributed by atoms with Crippen LogP contribution in [0.5, 0.6) is 0 Å². The summed E-state index contributed by atoms with van der Waals surface area (Å²) in [5.74, 6) is -0.277. The molecule has 4 aromatic rings. The molecular formula is C23H20FN3O. The zero-order valence-electron chi connectivity index (χ0n) is 15.3. The maximum Gasteiger partial charge on any atom is 0.224 e. The predicted octanol–water partition coefficient (Wildman–Crippen LogP) is 4.08. The average molecular weight is 373 g/mol. The fourth-order valence-electron chi connectivity index (χ4n) is 3.32. The zero-order chi connectivity index (χ0) is 19.3. The molecule has 0 bridgehead atoms. The number of aromatic nitrogens is 2. The fourth-order valence-corrected chi connectivity index (χ4v) is 3.32. The topological polar surface area (TPSA) is 46.9 Å². The molecule has 2 aromatic heterocycles. The van der Waals surface area contributed by atoms with Gasteiger partial charge in [-0.3, -0.25) is 9.78 Å². The monoisotopic (exact) mass is 373 g/mol. The molecule has 2 aromatic carbocycles. The van der Waals surface area contributed by atoms with Gasteiger partial charge in [0.2, 0.25) is 5.91 Å². The quantitative estimate of drug-likeness (QED) is 0.554. The van der Waals surface area contributed by atoms with Gasteiger partial charge in [-0.05, 0) is 41.0 Å². The molecule has 4 nitrogen and oxygen atoms in total. The van der Waals surface area contributed by atoms with Crippen molar-refractivity contribution in [3.05, 3.63) is 102 Å². The summed E-state index contributed by atoms with van der Waals surface area (Å²) in [6, 6.07) is 18.3. The Hall–Kier alpha value is -3.47. The minimum absolute atomic E-state index is 0.0338. The second-order valence-electron chi connectivity index (χ2n) is 6.74. The molecule has 1 amide bonds. The van der Waals surface area contributed by atoms with Gasteiger partial charge in [0.05, 0.1) is 6.42 Å². The first-order chi connectivity index (χ1) is 13.7. The van der Waals surface area contributed by atoms with E-state index in [1.54, 1.807) is 24.5 Å². The second kappa shape index (κ2) is 8.05.